The Balaban J connectivity index is 2.68. The Morgan fingerprint density at radius 1 is 1.47 bits per heavy atom. The molecule has 1 saturated carbocycles. The van der Waals surface area contributed by atoms with Crippen LogP contribution in [0.2, 0.25) is 0 Å². The van der Waals surface area contributed by atoms with Gasteiger partial charge in [0.2, 0.25) is 0 Å². The van der Waals surface area contributed by atoms with Crippen molar-refractivity contribution in [3.63, 3.8) is 0 Å². The lowest BCUT2D eigenvalue weighted by molar-refractivity contribution is -0.140. The lowest BCUT2D eigenvalue weighted by Crippen LogP contribution is -2.50. The van der Waals surface area contributed by atoms with Crippen molar-refractivity contribution in [2.24, 2.45) is 5.41 Å². The fourth-order valence-corrected chi connectivity index (χ4v) is 2.88. The Morgan fingerprint density at radius 3 is 2.71 bits per heavy atom. The summed E-state index contributed by atoms with van der Waals surface area (Å²) >= 11 is 0. The second-order valence-electron chi connectivity index (χ2n) is 5.61. The van der Waals surface area contributed by atoms with Gasteiger partial charge in [0.1, 0.15) is 0 Å². The first kappa shape index (κ1) is 14.5. The SMILES string of the molecule is COCCN(CC(=O)O)C1CCCCC1(C)C. The maximum atomic E-state index is 10.9. The summed E-state index contributed by atoms with van der Waals surface area (Å²) in [4.78, 5) is 13.0. The van der Waals surface area contributed by atoms with E-state index in [1.807, 2.05) is 0 Å². The van der Waals surface area contributed by atoms with Crippen LogP contribution in [0.1, 0.15) is 39.5 Å². The first-order chi connectivity index (χ1) is 7.97. The summed E-state index contributed by atoms with van der Waals surface area (Å²) in [5.41, 5.74) is 0.210. The van der Waals surface area contributed by atoms with E-state index in [0.717, 1.165) is 6.42 Å². The molecule has 0 heterocycles. The summed E-state index contributed by atoms with van der Waals surface area (Å²) in [5, 5.41) is 9.00. The highest BCUT2D eigenvalue weighted by atomic mass is 16.5. The summed E-state index contributed by atoms with van der Waals surface area (Å²) in [6.45, 7) is 5.92. The van der Waals surface area contributed by atoms with Gasteiger partial charge < -0.3 is 9.84 Å². The van der Waals surface area contributed by atoms with Crippen molar-refractivity contribution in [1.29, 1.82) is 0 Å². The molecule has 0 radical (unpaired) electrons. The average molecular weight is 243 g/mol. The molecule has 1 aliphatic carbocycles. The zero-order valence-electron chi connectivity index (χ0n) is 11.2. The summed E-state index contributed by atoms with van der Waals surface area (Å²) in [6, 6.07) is 0.363. The molecule has 0 bridgehead atoms. The van der Waals surface area contributed by atoms with E-state index in [9.17, 15) is 4.79 Å². The van der Waals surface area contributed by atoms with Crippen LogP contribution < -0.4 is 0 Å². The number of aliphatic carboxylic acids is 1. The molecule has 0 aromatic carbocycles. The van der Waals surface area contributed by atoms with Crippen LogP contribution in [0.15, 0.2) is 0 Å². The van der Waals surface area contributed by atoms with E-state index in [1.165, 1.54) is 19.3 Å². The maximum absolute atomic E-state index is 10.9. The summed E-state index contributed by atoms with van der Waals surface area (Å²) in [5.74, 6) is -0.748. The minimum atomic E-state index is -0.748. The molecule has 0 aromatic heterocycles. The monoisotopic (exact) mass is 243 g/mol. The molecule has 0 spiro atoms. The number of nitrogens with zero attached hydrogens (tertiary/aromatic N) is 1. The van der Waals surface area contributed by atoms with E-state index in [-0.39, 0.29) is 12.0 Å². The minimum Gasteiger partial charge on any atom is -0.480 e. The van der Waals surface area contributed by atoms with Crippen molar-refractivity contribution in [3.8, 4) is 0 Å². The van der Waals surface area contributed by atoms with E-state index >= 15 is 0 Å². The van der Waals surface area contributed by atoms with Crippen LogP contribution in [0.25, 0.3) is 0 Å². The second-order valence-corrected chi connectivity index (χ2v) is 5.61. The molecule has 1 N–H and O–H groups in total. The molecular formula is C13H25NO3. The average Bonchev–Trinajstić information content (AvgIpc) is 2.23. The summed E-state index contributed by atoms with van der Waals surface area (Å²) in [7, 11) is 1.66. The van der Waals surface area contributed by atoms with Gasteiger partial charge in [-0.3, -0.25) is 9.69 Å². The Hall–Kier alpha value is -0.610. The number of rotatable bonds is 6. The molecule has 100 valence electrons. The van der Waals surface area contributed by atoms with Crippen LogP contribution in [0.4, 0.5) is 0 Å². The van der Waals surface area contributed by atoms with Gasteiger partial charge in [0.15, 0.2) is 0 Å². The van der Waals surface area contributed by atoms with Crippen LogP contribution >= 0.6 is 0 Å². The van der Waals surface area contributed by atoms with Crippen LogP contribution in [0.5, 0.6) is 0 Å². The van der Waals surface area contributed by atoms with Crippen molar-refractivity contribution in [2.45, 2.75) is 45.6 Å². The van der Waals surface area contributed by atoms with Gasteiger partial charge in [-0.2, -0.15) is 0 Å². The first-order valence-electron chi connectivity index (χ1n) is 6.42. The highest BCUT2D eigenvalue weighted by Gasteiger charge is 2.36. The fourth-order valence-electron chi connectivity index (χ4n) is 2.88. The second kappa shape index (κ2) is 6.36. The normalized spacial score (nSPS) is 23.9. The van der Waals surface area contributed by atoms with Gasteiger partial charge >= 0.3 is 5.97 Å². The van der Waals surface area contributed by atoms with Crippen LogP contribution in [-0.4, -0.2) is 48.8 Å². The predicted octanol–water partition coefficient (Wildman–Crippen LogP) is 1.99. The number of methoxy groups -OCH3 is 1. The van der Waals surface area contributed by atoms with Crippen molar-refractivity contribution < 1.29 is 14.6 Å². The lowest BCUT2D eigenvalue weighted by atomic mass is 9.72. The Morgan fingerprint density at radius 2 is 2.18 bits per heavy atom. The third-order valence-electron chi connectivity index (χ3n) is 3.81. The van der Waals surface area contributed by atoms with Gasteiger partial charge in [-0.15, -0.1) is 0 Å². The fraction of sp³-hybridized carbons (Fsp3) is 0.923. The molecule has 4 nitrogen and oxygen atoms in total. The highest BCUT2D eigenvalue weighted by molar-refractivity contribution is 5.69. The van der Waals surface area contributed by atoms with E-state index in [4.69, 9.17) is 9.84 Å². The van der Waals surface area contributed by atoms with Crippen molar-refractivity contribution >= 4 is 5.97 Å². The molecule has 1 unspecified atom stereocenters. The zero-order valence-corrected chi connectivity index (χ0v) is 11.2. The molecule has 0 amide bonds. The number of carbonyl (C=O) groups is 1. The van der Waals surface area contributed by atoms with Crippen LogP contribution in [0, 0.1) is 5.41 Å². The van der Waals surface area contributed by atoms with Gasteiger partial charge in [-0.1, -0.05) is 26.7 Å². The van der Waals surface area contributed by atoms with Gasteiger partial charge in [0.05, 0.1) is 13.2 Å². The summed E-state index contributed by atoms with van der Waals surface area (Å²) in [6.07, 6.45) is 4.75. The number of ether oxygens (including phenoxy) is 1. The molecular weight excluding hydrogens is 218 g/mol. The topological polar surface area (TPSA) is 49.8 Å². The minimum absolute atomic E-state index is 0.122. The van der Waals surface area contributed by atoms with Gasteiger partial charge in [-0.05, 0) is 18.3 Å². The Labute approximate surface area is 104 Å². The van der Waals surface area contributed by atoms with Crippen molar-refractivity contribution in [1.82, 2.24) is 4.90 Å². The predicted molar refractivity (Wildman–Crippen MR) is 67.1 cm³/mol. The molecule has 1 fully saturated rings. The quantitative estimate of drug-likeness (QED) is 0.775. The Kier molecular flexibility index (Phi) is 5.40. The van der Waals surface area contributed by atoms with Crippen LogP contribution in [-0.2, 0) is 9.53 Å². The van der Waals surface area contributed by atoms with E-state index in [1.54, 1.807) is 7.11 Å². The molecule has 4 heteroatoms. The molecule has 1 atom stereocenters. The van der Waals surface area contributed by atoms with E-state index < -0.39 is 5.97 Å². The standard InChI is InChI=1S/C13H25NO3/c1-13(2)7-5-4-6-11(13)14(8-9-17-3)10-12(15)16/h11H,4-10H2,1-3H3,(H,15,16). The zero-order chi connectivity index (χ0) is 12.9. The third kappa shape index (κ3) is 4.28. The number of hydrogen-bond acceptors (Lipinski definition) is 3. The lowest BCUT2D eigenvalue weighted by Gasteiger charge is -2.44. The van der Waals surface area contributed by atoms with Gasteiger partial charge in [-0.25, -0.2) is 0 Å². The highest BCUT2D eigenvalue weighted by Crippen LogP contribution is 2.38. The molecule has 1 rings (SSSR count). The number of hydrogen-bond donors (Lipinski definition) is 1. The number of carboxylic acids is 1. The van der Waals surface area contributed by atoms with Crippen molar-refractivity contribution in [2.75, 3.05) is 26.8 Å². The molecule has 17 heavy (non-hydrogen) atoms. The smallest absolute Gasteiger partial charge is 0.317 e. The Bertz CT molecular complexity index is 253. The van der Waals surface area contributed by atoms with E-state index in [2.05, 4.69) is 18.7 Å². The first-order valence-corrected chi connectivity index (χ1v) is 6.42. The third-order valence-corrected chi connectivity index (χ3v) is 3.81. The van der Waals surface area contributed by atoms with Crippen LogP contribution in [0.3, 0.4) is 0 Å². The van der Waals surface area contributed by atoms with Gasteiger partial charge in [0.25, 0.3) is 0 Å². The maximum Gasteiger partial charge on any atom is 0.317 e. The van der Waals surface area contributed by atoms with Gasteiger partial charge in [0, 0.05) is 19.7 Å². The molecule has 0 saturated heterocycles. The molecule has 1 aliphatic rings. The summed E-state index contributed by atoms with van der Waals surface area (Å²) < 4.78 is 5.08. The largest absolute Gasteiger partial charge is 0.480 e. The van der Waals surface area contributed by atoms with Crippen molar-refractivity contribution in [3.05, 3.63) is 0 Å². The van der Waals surface area contributed by atoms with E-state index in [0.29, 0.717) is 19.2 Å². The molecule has 0 aliphatic heterocycles. The molecule has 0 aromatic rings. The number of carboxylic acid groups (broad SMARTS) is 1.